The maximum Gasteiger partial charge on any atom is 0.138 e. The molecule has 102 valence electrons. The number of rotatable bonds is 6. The van der Waals surface area contributed by atoms with E-state index in [1.54, 1.807) is 0 Å². The number of anilines is 2. The predicted molar refractivity (Wildman–Crippen MR) is 75.1 cm³/mol. The van der Waals surface area contributed by atoms with E-state index in [9.17, 15) is 0 Å². The van der Waals surface area contributed by atoms with Gasteiger partial charge in [0.05, 0.1) is 6.61 Å². The normalized spacial score (nSPS) is 11.4. The smallest absolute Gasteiger partial charge is 0.138 e. The molecule has 0 fully saturated rings. The summed E-state index contributed by atoms with van der Waals surface area (Å²) in [6.07, 6.45) is 1.05. The average molecular weight is 252 g/mol. The van der Waals surface area contributed by atoms with Gasteiger partial charge in [0.25, 0.3) is 0 Å². The summed E-state index contributed by atoms with van der Waals surface area (Å²) >= 11 is 0. The number of aliphatic hydroxyl groups is 1. The molecule has 1 aromatic rings. The predicted octanol–water partition coefficient (Wildman–Crippen LogP) is 2.00. The van der Waals surface area contributed by atoms with Crippen molar-refractivity contribution in [1.29, 1.82) is 0 Å². The van der Waals surface area contributed by atoms with Crippen molar-refractivity contribution in [3.05, 3.63) is 11.9 Å². The van der Waals surface area contributed by atoms with Crippen LogP contribution < -0.4 is 10.6 Å². The lowest BCUT2D eigenvalue weighted by molar-refractivity contribution is 0.311. The molecule has 5 heteroatoms. The summed E-state index contributed by atoms with van der Waals surface area (Å²) in [4.78, 5) is 9.00. The van der Waals surface area contributed by atoms with Gasteiger partial charge in [-0.1, -0.05) is 27.7 Å². The van der Waals surface area contributed by atoms with Gasteiger partial charge in [-0.2, -0.15) is 0 Å². The van der Waals surface area contributed by atoms with E-state index in [4.69, 9.17) is 5.11 Å². The number of nitrogens with one attached hydrogen (secondary N) is 2. The average Bonchev–Trinajstić information content (AvgIpc) is 2.32. The molecule has 18 heavy (non-hydrogen) atoms. The topological polar surface area (TPSA) is 70.1 Å². The minimum atomic E-state index is -0.0977. The highest BCUT2D eigenvalue weighted by molar-refractivity contribution is 5.48. The highest BCUT2D eigenvalue weighted by Gasteiger charge is 2.19. The van der Waals surface area contributed by atoms with Crippen LogP contribution in [-0.2, 0) is 5.41 Å². The molecule has 0 aliphatic heterocycles. The van der Waals surface area contributed by atoms with Gasteiger partial charge in [-0.15, -0.1) is 0 Å². The number of hydrogen-bond acceptors (Lipinski definition) is 5. The van der Waals surface area contributed by atoms with Crippen LogP contribution >= 0.6 is 0 Å². The molecule has 1 rings (SSSR count). The van der Waals surface area contributed by atoms with Crippen LogP contribution in [0, 0.1) is 0 Å². The SMILES string of the molecule is CCCNc1cc(NCCO)nc(C(C)(C)C)n1. The molecule has 0 unspecified atom stereocenters. The van der Waals surface area contributed by atoms with E-state index < -0.39 is 0 Å². The zero-order chi connectivity index (χ0) is 13.6. The molecule has 1 aromatic heterocycles. The van der Waals surface area contributed by atoms with Gasteiger partial charge in [0.15, 0.2) is 0 Å². The zero-order valence-corrected chi connectivity index (χ0v) is 11.7. The summed E-state index contributed by atoms with van der Waals surface area (Å²) in [7, 11) is 0. The van der Waals surface area contributed by atoms with Crippen molar-refractivity contribution >= 4 is 11.6 Å². The van der Waals surface area contributed by atoms with E-state index in [-0.39, 0.29) is 12.0 Å². The fraction of sp³-hybridized carbons (Fsp3) is 0.692. The van der Waals surface area contributed by atoms with Crippen LogP contribution in [0.2, 0.25) is 0 Å². The summed E-state index contributed by atoms with van der Waals surface area (Å²) in [5.41, 5.74) is -0.0977. The molecule has 5 nitrogen and oxygen atoms in total. The van der Waals surface area contributed by atoms with E-state index in [0.29, 0.717) is 6.54 Å². The van der Waals surface area contributed by atoms with Crippen molar-refractivity contribution in [1.82, 2.24) is 9.97 Å². The second-order valence-corrected chi connectivity index (χ2v) is 5.29. The van der Waals surface area contributed by atoms with Gasteiger partial charge in [0.2, 0.25) is 0 Å². The summed E-state index contributed by atoms with van der Waals surface area (Å²) < 4.78 is 0. The first-order valence-corrected chi connectivity index (χ1v) is 6.45. The standard InChI is InChI=1S/C13H24N4O/c1-5-6-14-10-9-11(15-7-8-18)17-12(16-10)13(2,3)4/h9,18H,5-8H2,1-4H3,(H2,14,15,16,17). The maximum absolute atomic E-state index is 8.85. The Morgan fingerprint density at radius 1 is 1.11 bits per heavy atom. The van der Waals surface area contributed by atoms with Crippen LogP contribution in [0.25, 0.3) is 0 Å². The summed E-state index contributed by atoms with van der Waals surface area (Å²) in [6.45, 7) is 9.84. The molecular weight excluding hydrogens is 228 g/mol. The summed E-state index contributed by atoms with van der Waals surface area (Å²) in [6, 6.07) is 1.88. The number of aromatic nitrogens is 2. The van der Waals surface area contributed by atoms with Crippen molar-refractivity contribution in [2.45, 2.75) is 39.5 Å². The zero-order valence-electron chi connectivity index (χ0n) is 11.7. The van der Waals surface area contributed by atoms with Gasteiger partial charge in [-0.05, 0) is 6.42 Å². The van der Waals surface area contributed by atoms with Gasteiger partial charge in [0.1, 0.15) is 17.5 Å². The van der Waals surface area contributed by atoms with Crippen LogP contribution in [-0.4, -0.2) is 34.8 Å². The van der Waals surface area contributed by atoms with E-state index >= 15 is 0 Å². The summed E-state index contributed by atoms with van der Waals surface area (Å²) in [5.74, 6) is 2.38. The second kappa shape index (κ2) is 6.54. The number of nitrogens with zero attached hydrogens (tertiary/aromatic N) is 2. The van der Waals surface area contributed by atoms with Crippen LogP contribution in [0.3, 0.4) is 0 Å². The third kappa shape index (κ3) is 4.49. The number of hydrogen-bond donors (Lipinski definition) is 3. The highest BCUT2D eigenvalue weighted by Crippen LogP contribution is 2.22. The Balaban J connectivity index is 2.96. The first-order valence-electron chi connectivity index (χ1n) is 6.45. The van der Waals surface area contributed by atoms with Gasteiger partial charge >= 0.3 is 0 Å². The third-order valence-electron chi connectivity index (χ3n) is 2.37. The quantitative estimate of drug-likeness (QED) is 0.722. The van der Waals surface area contributed by atoms with Gasteiger partial charge in [-0.3, -0.25) is 0 Å². The van der Waals surface area contributed by atoms with E-state index in [1.807, 2.05) is 6.07 Å². The molecule has 0 atom stereocenters. The van der Waals surface area contributed by atoms with E-state index in [2.05, 4.69) is 48.3 Å². The monoisotopic (exact) mass is 252 g/mol. The Hall–Kier alpha value is -1.36. The fourth-order valence-corrected chi connectivity index (χ4v) is 1.40. The molecular formula is C13H24N4O. The molecule has 0 aliphatic carbocycles. The van der Waals surface area contributed by atoms with E-state index in [0.717, 1.165) is 30.4 Å². The van der Waals surface area contributed by atoms with Gasteiger partial charge in [-0.25, -0.2) is 9.97 Å². The molecule has 0 bridgehead atoms. The van der Waals surface area contributed by atoms with Crippen LogP contribution in [0.4, 0.5) is 11.6 Å². The second-order valence-electron chi connectivity index (χ2n) is 5.29. The molecule has 0 saturated heterocycles. The Labute approximate surface area is 109 Å². The van der Waals surface area contributed by atoms with Crippen LogP contribution in [0.1, 0.15) is 39.9 Å². The molecule has 0 radical (unpaired) electrons. The van der Waals surface area contributed by atoms with Crippen molar-refractivity contribution in [2.75, 3.05) is 30.3 Å². The molecule has 0 aliphatic rings. The number of aliphatic hydroxyl groups excluding tert-OH is 1. The van der Waals surface area contributed by atoms with Crippen LogP contribution in [0.5, 0.6) is 0 Å². The lowest BCUT2D eigenvalue weighted by Gasteiger charge is -2.19. The first-order chi connectivity index (χ1) is 8.47. The lowest BCUT2D eigenvalue weighted by Crippen LogP contribution is -2.19. The highest BCUT2D eigenvalue weighted by atomic mass is 16.3. The largest absolute Gasteiger partial charge is 0.395 e. The molecule has 3 N–H and O–H groups in total. The van der Waals surface area contributed by atoms with Crippen LogP contribution in [0.15, 0.2) is 6.07 Å². The van der Waals surface area contributed by atoms with Crippen molar-refractivity contribution in [2.24, 2.45) is 0 Å². The fourth-order valence-electron chi connectivity index (χ4n) is 1.40. The van der Waals surface area contributed by atoms with Crippen molar-refractivity contribution in [3.8, 4) is 0 Å². The van der Waals surface area contributed by atoms with Gasteiger partial charge < -0.3 is 15.7 Å². The Morgan fingerprint density at radius 2 is 1.67 bits per heavy atom. The molecule has 0 spiro atoms. The summed E-state index contributed by atoms with van der Waals surface area (Å²) in [5, 5.41) is 15.2. The molecule has 0 aromatic carbocycles. The Kier molecular flexibility index (Phi) is 5.34. The van der Waals surface area contributed by atoms with Crippen molar-refractivity contribution in [3.63, 3.8) is 0 Å². The third-order valence-corrected chi connectivity index (χ3v) is 2.37. The van der Waals surface area contributed by atoms with E-state index in [1.165, 1.54) is 0 Å². The molecule has 0 saturated carbocycles. The lowest BCUT2D eigenvalue weighted by atomic mass is 9.96. The maximum atomic E-state index is 8.85. The molecule has 0 amide bonds. The Bertz CT molecular complexity index is 347. The minimum absolute atomic E-state index is 0.0899. The first kappa shape index (κ1) is 14.7. The molecule has 1 heterocycles. The minimum Gasteiger partial charge on any atom is -0.395 e. The van der Waals surface area contributed by atoms with Gasteiger partial charge in [0, 0.05) is 24.6 Å². The van der Waals surface area contributed by atoms with Crippen molar-refractivity contribution < 1.29 is 5.11 Å². The Morgan fingerprint density at radius 3 is 2.11 bits per heavy atom.